The van der Waals surface area contributed by atoms with Crippen molar-refractivity contribution in [2.45, 2.75) is 13.3 Å². The van der Waals surface area contributed by atoms with Gasteiger partial charge in [0.2, 0.25) is 10.0 Å². The zero-order chi connectivity index (χ0) is 13.3. The third kappa shape index (κ3) is 2.67. The van der Waals surface area contributed by atoms with E-state index in [1.807, 2.05) is 6.07 Å². The Morgan fingerprint density at radius 3 is 2.83 bits per heavy atom. The standard InChI is InChI=1S/C11H13BrN2O3S/c1-2-18(16,17)14-9-6-8(12)5-7-3-4-13-11(15)10(7)9/h5-6,14H,2-4H2,1H3,(H,13,15). The van der Waals surface area contributed by atoms with Crippen LogP contribution in [0.1, 0.15) is 22.8 Å². The molecule has 1 amide bonds. The van der Waals surface area contributed by atoms with E-state index in [1.165, 1.54) is 0 Å². The quantitative estimate of drug-likeness (QED) is 0.880. The van der Waals surface area contributed by atoms with Gasteiger partial charge < -0.3 is 5.32 Å². The molecule has 0 radical (unpaired) electrons. The summed E-state index contributed by atoms with van der Waals surface area (Å²) in [5.74, 6) is -0.270. The monoisotopic (exact) mass is 332 g/mol. The Kier molecular flexibility index (Phi) is 3.63. The molecule has 0 saturated carbocycles. The topological polar surface area (TPSA) is 75.3 Å². The van der Waals surface area contributed by atoms with Gasteiger partial charge >= 0.3 is 0 Å². The first-order valence-electron chi connectivity index (χ1n) is 5.54. The van der Waals surface area contributed by atoms with Gasteiger partial charge in [-0.3, -0.25) is 9.52 Å². The molecule has 0 atom stereocenters. The summed E-state index contributed by atoms with van der Waals surface area (Å²) in [6, 6.07) is 3.45. The maximum absolute atomic E-state index is 11.8. The molecule has 1 aliphatic rings. The normalized spacial score (nSPS) is 14.9. The van der Waals surface area contributed by atoms with Gasteiger partial charge in [-0.2, -0.15) is 0 Å². The van der Waals surface area contributed by atoms with Gasteiger partial charge in [0.1, 0.15) is 0 Å². The predicted octanol–water partition coefficient (Wildman–Crippen LogP) is 1.50. The molecule has 1 aromatic carbocycles. The summed E-state index contributed by atoms with van der Waals surface area (Å²) < 4.78 is 26.4. The molecule has 2 rings (SSSR count). The molecule has 98 valence electrons. The van der Waals surface area contributed by atoms with Crippen LogP contribution in [0.15, 0.2) is 16.6 Å². The van der Waals surface area contributed by atoms with E-state index in [4.69, 9.17) is 0 Å². The predicted molar refractivity (Wildman–Crippen MR) is 73.3 cm³/mol. The Labute approximate surface area is 114 Å². The molecule has 2 N–H and O–H groups in total. The Balaban J connectivity index is 2.53. The highest BCUT2D eigenvalue weighted by Gasteiger charge is 2.23. The summed E-state index contributed by atoms with van der Waals surface area (Å²) in [5.41, 5.74) is 1.60. The van der Waals surface area contributed by atoms with Crippen molar-refractivity contribution >= 4 is 37.5 Å². The number of rotatable bonds is 3. The largest absolute Gasteiger partial charge is 0.352 e. The summed E-state index contributed by atoms with van der Waals surface area (Å²) in [6.07, 6.45) is 0.696. The molecular weight excluding hydrogens is 320 g/mol. The number of amides is 1. The molecule has 0 bridgehead atoms. The van der Waals surface area contributed by atoms with Crippen molar-refractivity contribution < 1.29 is 13.2 Å². The smallest absolute Gasteiger partial charge is 0.253 e. The second-order valence-corrected chi connectivity index (χ2v) is 6.93. The number of anilines is 1. The van der Waals surface area contributed by atoms with Crippen LogP contribution in [0.25, 0.3) is 0 Å². The van der Waals surface area contributed by atoms with Gasteiger partial charge in [-0.05, 0) is 31.0 Å². The van der Waals surface area contributed by atoms with Gasteiger partial charge in [0, 0.05) is 11.0 Å². The van der Waals surface area contributed by atoms with E-state index in [0.29, 0.717) is 24.2 Å². The summed E-state index contributed by atoms with van der Waals surface area (Å²) in [7, 11) is -3.40. The molecule has 0 fully saturated rings. The molecule has 1 aromatic rings. The maximum atomic E-state index is 11.8. The van der Waals surface area contributed by atoms with E-state index in [1.54, 1.807) is 13.0 Å². The number of benzene rings is 1. The molecule has 5 nitrogen and oxygen atoms in total. The first kappa shape index (κ1) is 13.4. The second-order valence-electron chi connectivity index (χ2n) is 4.00. The van der Waals surface area contributed by atoms with Gasteiger partial charge in [-0.25, -0.2) is 8.42 Å². The number of hydrogen-bond donors (Lipinski definition) is 2. The molecule has 18 heavy (non-hydrogen) atoms. The van der Waals surface area contributed by atoms with Crippen molar-refractivity contribution in [1.29, 1.82) is 0 Å². The Morgan fingerprint density at radius 1 is 1.44 bits per heavy atom. The summed E-state index contributed by atoms with van der Waals surface area (Å²) >= 11 is 3.32. The average Bonchev–Trinajstić information content (AvgIpc) is 2.28. The number of fused-ring (bicyclic) bond motifs is 1. The highest BCUT2D eigenvalue weighted by molar-refractivity contribution is 9.10. The fourth-order valence-electron chi connectivity index (χ4n) is 1.85. The number of sulfonamides is 1. The molecule has 0 aliphatic carbocycles. The van der Waals surface area contributed by atoms with E-state index >= 15 is 0 Å². The fraction of sp³-hybridized carbons (Fsp3) is 0.364. The SMILES string of the molecule is CCS(=O)(=O)Nc1cc(Br)cc2c1C(=O)NCC2. The second kappa shape index (κ2) is 4.89. The molecule has 0 unspecified atom stereocenters. The maximum Gasteiger partial charge on any atom is 0.253 e. The number of carbonyl (C=O) groups excluding carboxylic acids is 1. The lowest BCUT2D eigenvalue weighted by Gasteiger charge is -2.20. The minimum Gasteiger partial charge on any atom is -0.352 e. The van der Waals surface area contributed by atoms with Crippen molar-refractivity contribution in [2.75, 3.05) is 17.0 Å². The minimum atomic E-state index is -3.40. The Hall–Kier alpha value is -1.08. The number of hydrogen-bond acceptors (Lipinski definition) is 3. The fourth-order valence-corrected chi connectivity index (χ4v) is 2.99. The zero-order valence-electron chi connectivity index (χ0n) is 9.79. The van der Waals surface area contributed by atoms with Crippen LogP contribution in [0.3, 0.4) is 0 Å². The molecule has 0 aromatic heterocycles. The van der Waals surface area contributed by atoms with Crippen molar-refractivity contribution in [3.05, 3.63) is 27.7 Å². The molecule has 0 saturated heterocycles. The number of halogens is 1. The van der Waals surface area contributed by atoms with E-state index in [9.17, 15) is 13.2 Å². The van der Waals surface area contributed by atoms with Crippen LogP contribution >= 0.6 is 15.9 Å². The molecule has 7 heteroatoms. The lowest BCUT2D eigenvalue weighted by molar-refractivity contribution is 0.0947. The van der Waals surface area contributed by atoms with Gasteiger partial charge in [0.25, 0.3) is 5.91 Å². The van der Waals surface area contributed by atoms with Crippen LogP contribution in [0.5, 0.6) is 0 Å². The lowest BCUT2D eigenvalue weighted by Crippen LogP contribution is -2.33. The minimum absolute atomic E-state index is 0.0318. The van der Waals surface area contributed by atoms with Crippen LogP contribution in [-0.4, -0.2) is 26.6 Å². The molecule has 1 heterocycles. The van der Waals surface area contributed by atoms with Crippen molar-refractivity contribution in [3.63, 3.8) is 0 Å². The third-order valence-electron chi connectivity index (χ3n) is 2.74. The van der Waals surface area contributed by atoms with E-state index < -0.39 is 10.0 Å². The first-order chi connectivity index (χ1) is 8.43. The van der Waals surface area contributed by atoms with Gasteiger partial charge in [0.05, 0.1) is 17.0 Å². The van der Waals surface area contributed by atoms with Crippen LogP contribution in [0.4, 0.5) is 5.69 Å². The van der Waals surface area contributed by atoms with E-state index in [0.717, 1.165) is 10.0 Å². The first-order valence-corrected chi connectivity index (χ1v) is 7.98. The number of carbonyl (C=O) groups is 1. The molecule has 0 spiro atoms. The average molecular weight is 333 g/mol. The highest BCUT2D eigenvalue weighted by atomic mass is 79.9. The Bertz CT molecular complexity index is 599. The third-order valence-corrected chi connectivity index (χ3v) is 4.49. The van der Waals surface area contributed by atoms with Crippen LogP contribution in [-0.2, 0) is 16.4 Å². The lowest BCUT2D eigenvalue weighted by atomic mass is 9.99. The Morgan fingerprint density at radius 2 is 2.17 bits per heavy atom. The van der Waals surface area contributed by atoms with Gasteiger partial charge in [-0.15, -0.1) is 0 Å². The molecular formula is C11H13BrN2O3S. The van der Waals surface area contributed by atoms with E-state index in [-0.39, 0.29) is 11.7 Å². The summed E-state index contributed by atoms with van der Waals surface area (Å²) in [6.45, 7) is 2.12. The molecule has 1 aliphatic heterocycles. The van der Waals surface area contributed by atoms with Crippen LogP contribution in [0.2, 0.25) is 0 Å². The van der Waals surface area contributed by atoms with Gasteiger partial charge in [0.15, 0.2) is 0 Å². The zero-order valence-corrected chi connectivity index (χ0v) is 12.2. The summed E-state index contributed by atoms with van der Waals surface area (Å²) in [4.78, 5) is 11.8. The van der Waals surface area contributed by atoms with Crippen LogP contribution in [0, 0.1) is 0 Å². The van der Waals surface area contributed by atoms with Crippen molar-refractivity contribution in [3.8, 4) is 0 Å². The van der Waals surface area contributed by atoms with E-state index in [2.05, 4.69) is 26.0 Å². The summed E-state index contributed by atoms with van der Waals surface area (Å²) in [5, 5.41) is 2.71. The van der Waals surface area contributed by atoms with Crippen molar-refractivity contribution in [1.82, 2.24) is 5.32 Å². The van der Waals surface area contributed by atoms with Crippen LogP contribution < -0.4 is 10.0 Å². The van der Waals surface area contributed by atoms with Gasteiger partial charge in [-0.1, -0.05) is 15.9 Å². The number of nitrogens with one attached hydrogen (secondary N) is 2. The van der Waals surface area contributed by atoms with Crippen molar-refractivity contribution in [2.24, 2.45) is 0 Å². The highest BCUT2D eigenvalue weighted by Crippen LogP contribution is 2.28.